The Bertz CT molecular complexity index is 738. The minimum absolute atomic E-state index is 0.132. The Morgan fingerprint density at radius 1 is 1.25 bits per heavy atom. The van der Waals surface area contributed by atoms with Gasteiger partial charge >= 0.3 is 0 Å². The van der Waals surface area contributed by atoms with E-state index in [9.17, 15) is 4.79 Å². The summed E-state index contributed by atoms with van der Waals surface area (Å²) in [6.45, 7) is 0. The highest BCUT2D eigenvalue weighted by atomic mass is 79.9. The van der Waals surface area contributed by atoms with Gasteiger partial charge in [-0.05, 0) is 45.6 Å². The molecular formula is C13H9BrN4OS. The summed E-state index contributed by atoms with van der Waals surface area (Å²) in [7, 11) is 0. The Hall–Kier alpha value is -1.99. The molecule has 0 bridgehead atoms. The number of halogens is 1. The minimum Gasteiger partial charge on any atom is -0.321 e. The number of hydrogen-bond acceptors (Lipinski definition) is 4. The topological polar surface area (TPSA) is 59.8 Å². The van der Waals surface area contributed by atoms with Gasteiger partial charge in [-0.3, -0.25) is 9.36 Å². The molecule has 0 aliphatic carbocycles. The Balaban J connectivity index is 1.83. The lowest BCUT2D eigenvalue weighted by atomic mass is 10.2. The van der Waals surface area contributed by atoms with Crippen molar-refractivity contribution in [2.45, 2.75) is 0 Å². The van der Waals surface area contributed by atoms with Gasteiger partial charge in [0, 0.05) is 10.2 Å². The van der Waals surface area contributed by atoms with Crippen molar-refractivity contribution in [3.8, 4) is 5.69 Å². The standard InChI is InChI=1S/C13H9BrN4OS/c14-11-4-5-20-12(11)13(19)17-9-2-1-3-10(6-9)18-7-15-16-8-18/h1-8H,(H,17,19). The lowest BCUT2D eigenvalue weighted by Gasteiger charge is -2.07. The molecule has 0 saturated heterocycles. The van der Waals surface area contributed by atoms with Crippen LogP contribution in [-0.4, -0.2) is 20.7 Å². The van der Waals surface area contributed by atoms with E-state index in [-0.39, 0.29) is 5.91 Å². The maximum atomic E-state index is 12.1. The zero-order valence-electron chi connectivity index (χ0n) is 10.2. The fraction of sp³-hybridized carbons (Fsp3) is 0. The normalized spacial score (nSPS) is 10.4. The van der Waals surface area contributed by atoms with E-state index in [0.717, 1.165) is 15.8 Å². The average Bonchev–Trinajstić information content (AvgIpc) is 3.09. The van der Waals surface area contributed by atoms with Crippen molar-refractivity contribution < 1.29 is 4.79 Å². The van der Waals surface area contributed by atoms with Gasteiger partial charge in [0.2, 0.25) is 0 Å². The number of benzene rings is 1. The number of nitrogens with zero attached hydrogens (tertiary/aromatic N) is 3. The predicted octanol–water partition coefficient (Wildman–Crippen LogP) is 3.34. The highest BCUT2D eigenvalue weighted by Gasteiger charge is 2.11. The molecule has 0 fully saturated rings. The molecule has 2 heterocycles. The first-order valence-electron chi connectivity index (χ1n) is 5.73. The number of hydrogen-bond donors (Lipinski definition) is 1. The molecular weight excluding hydrogens is 340 g/mol. The largest absolute Gasteiger partial charge is 0.321 e. The molecule has 100 valence electrons. The average molecular weight is 349 g/mol. The molecule has 0 aliphatic heterocycles. The third kappa shape index (κ3) is 2.63. The van der Waals surface area contributed by atoms with Crippen LogP contribution in [-0.2, 0) is 0 Å². The Morgan fingerprint density at radius 2 is 2.05 bits per heavy atom. The molecule has 3 rings (SSSR count). The van der Waals surface area contributed by atoms with Crippen LogP contribution in [0.25, 0.3) is 5.69 Å². The second kappa shape index (κ2) is 5.56. The van der Waals surface area contributed by atoms with E-state index in [4.69, 9.17) is 0 Å². The summed E-state index contributed by atoms with van der Waals surface area (Å²) in [5.41, 5.74) is 1.61. The van der Waals surface area contributed by atoms with Crippen molar-refractivity contribution >= 4 is 38.9 Å². The van der Waals surface area contributed by atoms with Crippen LogP contribution in [0.2, 0.25) is 0 Å². The van der Waals surface area contributed by atoms with Crippen molar-refractivity contribution in [2.24, 2.45) is 0 Å². The SMILES string of the molecule is O=C(Nc1cccc(-n2cnnc2)c1)c1sccc1Br. The summed E-state index contributed by atoms with van der Waals surface area (Å²) in [5.74, 6) is -0.132. The van der Waals surface area contributed by atoms with Gasteiger partial charge in [0.25, 0.3) is 5.91 Å². The van der Waals surface area contributed by atoms with Gasteiger partial charge in [0.05, 0.1) is 5.69 Å². The molecule has 0 aliphatic rings. The third-order valence-corrected chi connectivity index (χ3v) is 4.48. The number of nitrogens with one attached hydrogen (secondary N) is 1. The molecule has 0 unspecified atom stereocenters. The van der Waals surface area contributed by atoms with Gasteiger partial charge in [-0.15, -0.1) is 21.5 Å². The van der Waals surface area contributed by atoms with Crippen LogP contribution in [0.4, 0.5) is 5.69 Å². The Labute approximate surface area is 127 Å². The van der Waals surface area contributed by atoms with Crippen LogP contribution in [0.5, 0.6) is 0 Å². The van der Waals surface area contributed by atoms with Crippen LogP contribution in [0.15, 0.2) is 52.8 Å². The van der Waals surface area contributed by atoms with Crippen molar-refractivity contribution in [2.75, 3.05) is 5.32 Å². The highest BCUT2D eigenvalue weighted by molar-refractivity contribution is 9.10. The minimum atomic E-state index is -0.132. The second-order valence-corrected chi connectivity index (χ2v) is 5.74. The molecule has 3 aromatic rings. The van der Waals surface area contributed by atoms with Gasteiger partial charge in [-0.1, -0.05) is 6.07 Å². The van der Waals surface area contributed by atoms with Crippen molar-refractivity contribution in [3.63, 3.8) is 0 Å². The predicted molar refractivity (Wildman–Crippen MR) is 81.3 cm³/mol. The first-order chi connectivity index (χ1) is 9.74. The lowest BCUT2D eigenvalue weighted by molar-refractivity contribution is 0.103. The molecule has 1 amide bonds. The summed E-state index contributed by atoms with van der Waals surface area (Å²) in [6.07, 6.45) is 3.22. The summed E-state index contributed by atoms with van der Waals surface area (Å²) in [6, 6.07) is 9.34. The summed E-state index contributed by atoms with van der Waals surface area (Å²) in [4.78, 5) is 12.8. The van der Waals surface area contributed by atoms with E-state index in [2.05, 4.69) is 31.4 Å². The highest BCUT2D eigenvalue weighted by Crippen LogP contribution is 2.24. The van der Waals surface area contributed by atoms with Gasteiger partial charge < -0.3 is 5.32 Å². The maximum absolute atomic E-state index is 12.1. The van der Waals surface area contributed by atoms with Gasteiger partial charge in [-0.2, -0.15) is 0 Å². The van der Waals surface area contributed by atoms with E-state index >= 15 is 0 Å². The first kappa shape index (κ1) is 13.0. The van der Waals surface area contributed by atoms with Crippen molar-refractivity contribution in [1.29, 1.82) is 0 Å². The van der Waals surface area contributed by atoms with E-state index in [1.165, 1.54) is 11.3 Å². The zero-order valence-corrected chi connectivity index (χ0v) is 12.6. The van der Waals surface area contributed by atoms with E-state index in [1.807, 2.05) is 35.7 Å². The number of aromatic nitrogens is 3. The molecule has 0 spiro atoms. The van der Waals surface area contributed by atoms with Crippen LogP contribution in [0.3, 0.4) is 0 Å². The Morgan fingerprint density at radius 3 is 2.75 bits per heavy atom. The Kier molecular flexibility index (Phi) is 3.62. The molecule has 0 atom stereocenters. The molecule has 1 N–H and O–H groups in total. The number of carbonyl (C=O) groups is 1. The third-order valence-electron chi connectivity index (χ3n) is 2.64. The van der Waals surface area contributed by atoms with Gasteiger partial charge in [0.1, 0.15) is 17.5 Å². The molecule has 2 aromatic heterocycles. The quantitative estimate of drug-likeness (QED) is 0.789. The van der Waals surface area contributed by atoms with E-state index in [0.29, 0.717) is 4.88 Å². The van der Waals surface area contributed by atoms with Crippen LogP contribution >= 0.6 is 27.3 Å². The van der Waals surface area contributed by atoms with Gasteiger partial charge in [-0.25, -0.2) is 0 Å². The van der Waals surface area contributed by atoms with E-state index < -0.39 is 0 Å². The van der Waals surface area contributed by atoms with Crippen LogP contribution in [0.1, 0.15) is 9.67 Å². The molecule has 5 nitrogen and oxygen atoms in total. The van der Waals surface area contributed by atoms with E-state index in [1.54, 1.807) is 17.2 Å². The molecule has 20 heavy (non-hydrogen) atoms. The van der Waals surface area contributed by atoms with Crippen molar-refractivity contribution in [1.82, 2.24) is 14.8 Å². The lowest BCUT2D eigenvalue weighted by Crippen LogP contribution is -2.10. The first-order valence-corrected chi connectivity index (χ1v) is 7.41. The van der Waals surface area contributed by atoms with Gasteiger partial charge in [0.15, 0.2) is 0 Å². The second-order valence-electron chi connectivity index (χ2n) is 3.97. The monoisotopic (exact) mass is 348 g/mol. The molecule has 0 radical (unpaired) electrons. The fourth-order valence-corrected chi connectivity index (χ4v) is 3.17. The summed E-state index contributed by atoms with van der Waals surface area (Å²) < 4.78 is 2.58. The van der Waals surface area contributed by atoms with Crippen LogP contribution in [0, 0.1) is 0 Å². The number of anilines is 1. The number of thiophene rings is 1. The number of amides is 1. The maximum Gasteiger partial charge on any atom is 0.266 e. The summed E-state index contributed by atoms with van der Waals surface area (Å²) in [5, 5.41) is 12.3. The molecule has 7 heteroatoms. The number of carbonyl (C=O) groups excluding carboxylic acids is 1. The smallest absolute Gasteiger partial charge is 0.266 e. The zero-order chi connectivity index (χ0) is 13.9. The molecule has 0 saturated carbocycles. The molecule has 1 aromatic carbocycles. The van der Waals surface area contributed by atoms with Crippen molar-refractivity contribution in [3.05, 3.63) is 57.7 Å². The number of rotatable bonds is 3. The summed E-state index contributed by atoms with van der Waals surface area (Å²) >= 11 is 4.75. The fourth-order valence-electron chi connectivity index (χ4n) is 1.72. The van der Waals surface area contributed by atoms with Crippen LogP contribution < -0.4 is 5.32 Å².